The summed E-state index contributed by atoms with van der Waals surface area (Å²) in [6, 6.07) is 6.52. The zero-order valence-electron chi connectivity index (χ0n) is 14.2. The smallest absolute Gasteiger partial charge is 0.306 e. The predicted octanol–water partition coefficient (Wildman–Crippen LogP) is 3.57. The number of thiophene rings is 1. The number of anilines is 1. The first kappa shape index (κ1) is 17.3. The molecule has 3 aromatic rings. The first-order chi connectivity index (χ1) is 13.0. The molecule has 1 fully saturated rings. The van der Waals surface area contributed by atoms with Gasteiger partial charge >= 0.3 is 5.97 Å². The third-order valence-corrected chi connectivity index (χ3v) is 5.75. The monoisotopic (exact) mass is 384 g/mol. The Morgan fingerprint density at radius 2 is 2.07 bits per heavy atom. The summed E-state index contributed by atoms with van der Waals surface area (Å²) < 4.78 is 0. The molecule has 0 amide bonds. The van der Waals surface area contributed by atoms with E-state index in [1.807, 2.05) is 11.4 Å². The highest BCUT2D eigenvalue weighted by atomic mass is 32.1. The van der Waals surface area contributed by atoms with Gasteiger partial charge in [-0.05, 0) is 18.4 Å². The summed E-state index contributed by atoms with van der Waals surface area (Å²) in [7, 11) is 0. The normalized spacial score (nSPS) is 15.2. The van der Waals surface area contributed by atoms with E-state index in [0.717, 1.165) is 27.2 Å². The Morgan fingerprint density at radius 1 is 1.30 bits per heavy atom. The Morgan fingerprint density at radius 3 is 2.78 bits per heavy atom. The molecule has 1 aliphatic heterocycles. The number of carbonyl (C=O) groups is 1. The Labute approximate surface area is 158 Å². The molecule has 9 heteroatoms. The molecular weight excluding hydrogens is 368 g/mol. The summed E-state index contributed by atoms with van der Waals surface area (Å²) in [6.45, 7) is 1.21. The lowest BCUT2D eigenvalue weighted by Crippen LogP contribution is -2.36. The van der Waals surface area contributed by atoms with Crippen molar-refractivity contribution in [2.24, 2.45) is 5.92 Å². The topological polar surface area (TPSA) is 109 Å². The molecule has 0 unspecified atom stereocenters. The van der Waals surface area contributed by atoms with E-state index >= 15 is 0 Å². The number of aromatic nitrogens is 2. The number of piperidine rings is 1. The molecule has 8 nitrogen and oxygen atoms in total. The number of carboxylic acids is 1. The molecule has 0 aliphatic carbocycles. The van der Waals surface area contributed by atoms with E-state index in [0.29, 0.717) is 25.9 Å². The SMILES string of the molecule is O=C(O)C1CCN(c2ncnc3scc(-c4cccc([N+](=O)[O-])c4)c23)CC1. The number of carboxylic acid groups (broad SMARTS) is 1. The summed E-state index contributed by atoms with van der Waals surface area (Å²) in [5.41, 5.74) is 1.63. The average Bonchev–Trinajstić information content (AvgIpc) is 3.12. The first-order valence-electron chi connectivity index (χ1n) is 8.49. The van der Waals surface area contributed by atoms with Crippen molar-refractivity contribution in [3.8, 4) is 11.1 Å². The van der Waals surface area contributed by atoms with Gasteiger partial charge in [0, 0.05) is 36.2 Å². The highest BCUT2D eigenvalue weighted by Gasteiger charge is 2.27. The Bertz CT molecular complexity index is 1030. The number of nitro groups is 1. The van der Waals surface area contributed by atoms with Crippen LogP contribution < -0.4 is 4.90 Å². The van der Waals surface area contributed by atoms with Gasteiger partial charge < -0.3 is 10.0 Å². The van der Waals surface area contributed by atoms with Crippen molar-refractivity contribution >= 4 is 39.0 Å². The number of fused-ring (bicyclic) bond motifs is 1. The maximum absolute atomic E-state index is 11.2. The third-order valence-electron chi connectivity index (χ3n) is 4.86. The van der Waals surface area contributed by atoms with Gasteiger partial charge in [-0.3, -0.25) is 14.9 Å². The van der Waals surface area contributed by atoms with Gasteiger partial charge in [0.1, 0.15) is 17.0 Å². The van der Waals surface area contributed by atoms with Crippen molar-refractivity contribution in [3.05, 3.63) is 46.1 Å². The van der Waals surface area contributed by atoms with E-state index in [-0.39, 0.29) is 11.6 Å². The predicted molar refractivity (Wildman–Crippen MR) is 102 cm³/mol. The van der Waals surface area contributed by atoms with Gasteiger partial charge in [0.25, 0.3) is 5.69 Å². The summed E-state index contributed by atoms with van der Waals surface area (Å²) in [6.07, 6.45) is 2.64. The fourth-order valence-corrected chi connectivity index (χ4v) is 4.35. The minimum absolute atomic E-state index is 0.0347. The maximum Gasteiger partial charge on any atom is 0.306 e. The second kappa shape index (κ2) is 6.92. The molecule has 1 aromatic carbocycles. The van der Waals surface area contributed by atoms with Gasteiger partial charge in [0.2, 0.25) is 0 Å². The van der Waals surface area contributed by atoms with Crippen LogP contribution in [-0.2, 0) is 4.79 Å². The van der Waals surface area contributed by atoms with Gasteiger partial charge in [-0.2, -0.15) is 0 Å². The van der Waals surface area contributed by atoms with Gasteiger partial charge in [-0.15, -0.1) is 11.3 Å². The van der Waals surface area contributed by atoms with Gasteiger partial charge in [-0.1, -0.05) is 12.1 Å². The maximum atomic E-state index is 11.2. The standard InChI is InChI=1S/C18H16N4O4S/c23-18(24)11-4-6-21(7-5-11)16-15-14(9-27-17(15)20-10-19-16)12-2-1-3-13(8-12)22(25)26/h1-3,8-11H,4-7H2,(H,23,24). The van der Waals surface area contributed by atoms with Crippen molar-refractivity contribution in [2.75, 3.05) is 18.0 Å². The lowest BCUT2D eigenvalue weighted by Gasteiger charge is -2.31. The van der Waals surface area contributed by atoms with E-state index in [9.17, 15) is 20.0 Å². The van der Waals surface area contributed by atoms with Crippen molar-refractivity contribution in [2.45, 2.75) is 12.8 Å². The molecule has 0 radical (unpaired) electrons. The fraction of sp³-hybridized carbons (Fsp3) is 0.278. The van der Waals surface area contributed by atoms with Gasteiger partial charge in [0.15, 0.2) is 0 Å². The lowest BCUT2D eigenvalue weighted by molar-refractivity contribution is -0.384. The molecular formula is C18H16N4O4S. The number of aliphatic carboxylic acids is 1. The first-order valence-corrected chi connectivity index (χ1v) is 9.37. The van der Waals surface area contributed by atoms with Crippen LogP contribution in [0.4, 0.5) is 11.5 Å². The highest BCUT2D eigenvalue weighted by Crippen LogP contribution is 2.39. The molecule has 1 saturated heterocycles. The molecule has 2 aromatic heterocycles. The number of rotatable bonds is 4. The van der Waals surface area contributed by atoms with Crippen LogP contribution in [0.3, 0.4) is 0 Å². The van der Waals surface area contributed by atoms with E-state index < -0.39 is 10.9 Å². The zero-order chi connectivity index (χ0) is 19.0. The summed E-state index contributed by atoms with van der Waals surface area (Å²) >= 11 is 1.46. The van der Waals surface area contributed by atoms with Crippen LogP contribution in [0.5, 0.6) is 0 Å². The molecule has 1 N–H and O–H groups in total. The number of non-ortho nitro benzene ring substituents is 1. The second-order valence-corrected chi connectivity index (χ2v) is 7.29. The minimum atomic E-state index is -0.754. The Balaban J connectivity index is 1.76. The molecule has 0 bridgehead atoms. The molecule has 0 saturated carbocycles. The Hall–Kier alpha value is -3.07. The van der Waals surface area contributed by atoms with Crippen LogP contribution in [0, 0.1) is 16.0 Å². The van der Waals surface area contributed by atoms with Crippen LogP contribution in [-0.4, -0.2) is 39.1 Å². The van der Waals surface area contributed by atoms with Gasteiger partial charge in [0.05, 0.1) is 16.2 Å². The summed E-state index contributed by atoms with van der Waals surface area (Å²) in [5.74, 6) is -0.320. The lowest BCUT2D eigenvalue weighted by atomic mass is 9.96. The minimum Gasteiger partial charge on any atom is -0.481 e. The van der Waals surface area contributed by atoms with Crippen LogP contribution in [0.25, 0.3) is 21.3 Å². The molecule has 0 atom stereocenters. The van der Waals surface area contributed by atoms with Crippen LogP contribution in [0.15, 0.2) is 36.0 Å². The zero-order valence-corrected chi connectivity index (χ0v) is 15.1. The van der Waals surface area contributed by atoms with Crippen molar-refractivity contribution in [3.63, 3.8) is 0 Å². The van der Waals surface area contributed by atoms with Crippen molar-refractivity contribution in [1.82, 2.24) is 9.97 Å². The van der Waals surface area contributed by atoms with Crippen molar-refractivity contribution < 1.29 is 14.8 Å². The van der Waals surface area contributed by atoms with E-state index in [1.165, 1.54) is 23.7 Å². The largest absolute Gasteiger partial charge is 0.481 e. The van der Waals surface area contributed by atoms with Crippen LogP contribution in [0.1, 0.15) is 12.8 Å². The summed E-state index contributed by atoms with van der Waals surface area (Å²) in [5, 5.41) is 23.1. The van der Waals surface area contributed by atoms with Gasteiger partial charge in [-0.25, -0.2) is 9.97 Å². The van der Waals surface area contributed by atoms with Crippen LogP contribution >= 0.6 is 11.3 Å². The van der Waals surface area contributed by atoms with E-state index in [2.05, 4.69) is 14.9 Å². The molecule has 27 heavy (non-hydrogen) atoms. The average molecular weight is 384 g/mol. The van der Waals surface area contributed by atoms with E-state index in [1.54, 1.807) is 12.1 Å². The second-order valence-electron chi connectivity index (χ2n) is 6.43. The number of hydrogen-bond donors (Lipinski definition) is 1. The molecule has 138 valence electrons. The third kappa shape index (κ3) is 3.21. The molecule has 0 spiro atoms. The number of nitro benzene ring substituents is 1. The Kier molecular flexibility index (Phi) is 4.44. The van der Waals surface area contributed by atoms with E-state index in [4.69, 9.17) is 0 Å². The molecule has 4 rings (SSSR count). The molecule has 3 heterocycles. The van der Waals surface area contributed by atoms with Crippen molar-refractivity contribution in [1.29, 1.82) is 0 Å². The number of nitrogens with zero attached hydrogens (tertiary/aromatic N) is 4. The number of hydrogen-bond acceptors (Lipinski definition) is 7. The van der Waals surface area contributed by atoms with Crippen LogP contribution in [0.2, 0.25) is 0 Å². The summed E-state index contributed by atoms with van der Waals surface area (Å²) in [4.78, 5) is 33.6. The molecule has 1 aliphatic rings. The quantitative estimate of drug-likeness (QED) is 0.541. The fourth-order valence-electron chi connectivity index (χ4n) is 3.44. The highest BCUT2D eigenvalue weighted by molar-refractivity contribution is 7.17. The number of benzene rings is 1.